The highest BCUT2D eigenvalue weighted by atomic mass is 35.5. The number of carbonyl (C=O) groups excluding carboxylic acids is 1. The molecule has 0 aliphatic carbocycles. The normalized spacial score (nSPS) is 17.0. The van der Waals surface area contributed by atoms with Crippen molar-refractivity contribution >= 4 is 23.1 Å². The Morgan fingerprint density at radius 2 is 1.74 bits per heavy atom. The van der Waals surface area contributed by atoms with E-state index in [1.54, 1.807) is 41.4 Å². The van der Waals surface area contributed by atoms with Crippen LogP contribution in [-0.2, 0) is 23.8 Å². The second-order valence-corrected chi connectivity index (χ2v) is 9.02. The first-order valence-corrected chi connectivity index (χ1v) is 11.5. The van der Waals surface area contributed by atoms with Crippen LogP contribution in [0.2, 0.25) is 5.02 Å². The standard InChI is InChI=1S/C28H22ClFN4O/c1-28(14-11-23(32-28)24(35)17-20-5-3-4-6-22(20)29)27-25(18-12-15-31-16-13-18)26(33-34(27)2)19-7-9-21(30)10-8-19/h3-16H,17H2,1-2H3. The molecule has 0 saturated heterocycles. The van der Waals surface area contributed by atoms with Crippen molar-refractivity contribution in [1.29, 1.82) is 0 Å². The van der Waals surface area contributed by atoms with Gasteiger partial charge in [-0.15, -0.1) is 0 Å². The number of aliphatic imine (C=N–C) groups is 1. The summed E-state index contributed by atoms with van der Waals surface area (Å²) in [4.78, 5) is 22.1. The summed E-state index contributed by atoms with van der Waals surface area (Å²) in [6.07, 6.45) is 7.29. The second kappa shape index (κ2) is 9.04. The van der Waals surface area contributed by atoms with Gasteiger partial charge in [0.05, 0.1) is 5.69 Å². The van der Waals surface area contributed by atoms with Crippen molar-refractivity contribution in [2.45, 2.75) is 18.9 Å². The monoisotopic (exact) mass is 484 g/mol. The highest BCUT2D eigenvalue weighted by Gasteiger charge is 2.36. The van der Waals surface area contributed by atoms with Gasteiger partial charge in [0, 0.05) is 42.0 Å². The van der Waals surface area contributed by atoms with Crippen LogP contribution in [0.5, 0.6) is 0 Å². The number of rotatable bonds is 6. The smallest absolute Gasteiger partial charge is 0.185 e. The van der Waals surface area contributed by atoms with Crippen LogP contribution in [0.1, 0.15) is 18.2 Å². The third kappa shape index (κ3) is 4.33. The Hall–Kier alpha value is -3.90. The fourth-order valence-electron chi connectivity index (χ4n) is 4.46. The van der Waals surface area contributed by atoms with E-state index in [1.165, 1.54) is 12.1 Å². The highest BCUT2D eigenvalue weighted by Crippen LogP contribution is 2.42. The molecule has 1 aliphatic heterocycles. The zero-order valence-electron chi connectivity index (χ0n) is 19.2. The largest absolute Gasteiger partial charge is 0.292 e. The summed E-state index contributed by atoms with van der Waals surface area (Å²) in [6, 6.07) is 17.4. The molecule has 0 radical (unpaired) electrons. The Morgan fingerprint density at radius 3 is 2.46 bits per heavy atom. The van der Waals surface area contributed by atoms with E-state index in [0.717, 1.165) is 27.9 Å². The molecule has 0 amide bonds. The number of halogens is 2. The SMILES string of the molecule is Cn1nc(-c2ccc(F)cc2)c(-c2ccncc2)c1C1(C)C=CC(C(=O)Cc2ccccc2Cl)=N1. The summed E-state index contributed by atoms with van der Waals surface area (Å²) in [5.41, 5.74) is 4.39. The summed E-state index contributed by atoms with van der Waals surface area (Å²) < 4.78 is 15.4. The number of benzene rings is 2. The zero-order valence-corrected chi connectivity index (χ0v) is 20.0. The Bertz CT molecular complexity index is 1470. The van der Waals surface area contributed by atoms with Gasteiger partial charge in [-0.3, -0.25) is 19.5 Å². The Morgan fingerprint density at radius 1 is 1.03 bits per heavy atom. The zero-order chi connectivity index (χ0) is 24.6. The molecule has 174 valence electrons. The number of pyridine rings is 1. The molecule has 2 aromatic carbocycles. The van der Waals surface area contributed by atoms with Crippen LogP contribution < -0.4 is 0 Å². The van der Waals surface area contributed by atoms with E-state index in [0.29, 0.717) is 16.4 Å². The molecule has 2 aromatic heterocycles. The van der Waals surface area contributed by atoms with Crippen molar-refractivity contribution in [2.75, 3.05) is 0 Å². The number of ketones is 1. The predicted molar refractivity (Wildman–Crippen MR) is 136 cm³/mol. The molecule has 0 bridgehead atoms. The molecule has 0 saturated carbocycles. The Balaban J connectivity index is 1.60. The molecule has 1 atom stereocenters. The predicted octanol–water partition coefficient (Wildman–Crippen LogP) is 5.98. The van der Waals surface area contributed by atoms with E-state index in [4.69, 9.17) is 21.7 Å². The lowest BCUT2D eigenvalue weighted by Crippen LogP contribution is -2.21. The first-order chi connectivity index (χ1) is 16.9. The van der Waals surface area contributed by atoms with Crippen molar-refractivity contribution in [3.63, 3.8) is 0 Å². The van der Waals surface area contributed by atoms with Gasteiger partial charge in [0.15, 0.2) is 5.78 Å². The molecule has 0 fully saturated rings. The first kappa shape index (κ1) is 22.9. The van der Waals surface area contributed by atoms with Crippen LogP contribution >= 0.6 is 11.6 Å². The molecule has 1 unspecified atom stereocenters. The number of nitrogens with zero attached hydrogens (tertiary/aromatic N) is 4. The van der Waals surface area contributed by atoms with Crippen LogP contribution in [-0.4, -0.2) is 26.3 Å². The molecular formula is C28H22ClFN4O. The number of hydrogen-bond donors (Lipinski definition) is 0. The quantitative estimate of drug-likeness (QED) is 0.338. The molecule has 3 heterocycles. The molecule has 5 rings (SSSR count). The van der Waals surface area contributed by atoms with E-state index in [9.17, 15) is 9.18 Å². The van der Waals surface area contributed by atoms with Gasteiger partial charge in [-0.25, -0.2) is 4.39 Å². The van der Waals surface area contributed by atoms with Gasteiger partial charge in [0.2, 0.25) is 0 Å². The number of aromatic nitrogens is 3. The van der Waals surface area contributed by atoms with E-state index in [-0.39, 0.29) is 18.0 Å². The highest BCUT2D eigenvalue weighted by molar-refractivity contribution is 6.45. The minimum absolute atomic E-state index is 0.107. The minimum Gasteiger partial charge on any atom is -0.292 e. The van der Waals surface area contributed by atoms with Crippen molar-refractivity contribution in [1.82, 2.24) is 14.8 Å². The van der Waals surface area contributed by atoms with Gasteiger partial charge >= 0.3 is 0 Å². The average Bonchev–Trinajstić information content (AvgIpc) is 3.43. The lowest BCUT2D eigenvalue weighted by atomic mass is 9.90. The minimum atomic E-state index is -0.829. The van der Waals surface area contributed by atoms with Crippen LogP contribution in [0.25, 0.3) is 22.4 Å². The van der Waals surface area contributed by atoms with E-state index < -0.39 is 5.54 Å². The van der Waals surface area contributed by atoms with Crippen LogP contribution in [0.4, 0.5) is 4.39 Å². The van der Waals surface area contributed by atoms with Crippen molar-refractivity contribution in [3.8, 4) is 22.4 Å². The lowest BCUT2D eigenvalue weighted by molar-refractivity contribution is -0.112. The Labute approximate surface area is 207 Å². The lowest BCUT2D eigenvalue weighted by Gasteiger charge is -2.21. The van der Waals surface area contributed by atoms with Crippen molar-refractivity contribution < 1.29 is 9.18 Å². The maximum Gasteiger partial charge on any atom is 0.185 e. The maximum absolute atomic E-state index is 13.6. The maximum atomic E-state index is 13.6. The van der Waals surface area contributed by atoms with Crippen molar-refractivity contribution in [3.05, 3.63) is 107 Å². The van der Waals surface area contributed by atoms with Gasteiger partial charge in [-0.1, -0.05) is 29.8 Å². The van der Waals surface area contributed by atoms with E-state index in [2.05, 4.69) is 4.98 Å². The molecule has 5 nitrogen and oxygen atoms in total. The molecule has 1 aliphatic rings. The van der Waals surface area contributed by atoms with Crippen LogP contribution in [0.3, 0.4) is 0 Å². The summed E-state index contributed by atoms with van der Waals surface area (Å²) in [7, 11) is 1.85. The van der Waals surface area contributed by atoms with E-state index in [1.807, 2.05) is 50.4 Å². The van der Waals surface area contributed by atoms with Crippen LogP contribution in [0.15, 0.2) is 90.2 Å². The molecule has 0 N–H and O–H groups in total. The number of Topliss-reactive ketones (excluding diaryl/α,β-unsaturated/α-hetero) is 1. The van der Waals surface area contributed by atoms with Gasteiger partial charge in [-0.05, 0) is 72.7 Å². The number of allylic oxidation sites excluding steroid dienone is 1. The number of aryl methyl sites for hydroxylation is 1. The number of hydrogen-bond acceptors (Lipinski definition) is 4. The van der Waals surface area contributed by atoms with Gasteiger partial charge in [0.1, 0.15) is 22.8 Å². The molecule has 0 spiro atoms. The molecule has 7 heteroatoms. The van der Waals surface area contributed by atoms with Gasteiger partial charge in [0.25, 0.3) is 0 Å². The second-order valence-electron chi connectivity index (χ2n) is 8.61. The first-order valence-electron chi connectivity index (χ1n) is 11.2. The summed E-state index contributed by atoms with van der Waals surface area (Å²) in [6.45, 7) is 1.95. The van der Waals surface area contributed by atoms with E-state index >= 15 is 0 Å². The third-order valence-electron chi connectivity index (χ3n) is 6.13. The van der Waals surface area contributed by atoms with Crippen molar-refractivity contribution in [2.24, 2.45) is 12.0 Å². The number of carbonyl (C=O) groups is 1. The fraction of sp³-hybridized carbons (Fsp3) is 0.143. The van der Waals surface area contributed by atoms with Gasteiger partial charge < -0.3 is 0 Å². The van der Waals surface area contributed by atoms with Crippen LogP contribution in [0, 0.1) is 5.82 Å². The topological polar surface area (TPSA) is 60.1 Å². The Kier molecular flexibility index (Phi) is 5.91. The molecular weight excluding hydrogens is 463 g/mol. The summed E-state index contributed by atoms with van der Waals surface area (Å²) >= 11 is 6.26. The fourth-order valence-corrected chi connectivity index (χ4v) is 4.67. The average molecular weight is 485 g/mol. The molecule has 4 aromatic rings. The van der Waals surface area contributed by atoms with Gasteiger partial charge in [-0.2, -0.15) is 5.10 Å². The molecule has 35 heavy (non-hydrogen) atoms. The third-order valence-corrected chi connectivity index (χ3v) is 6.49. The summed E-state index contributed by atoms with van der Waals surface area (Å²) in [5, 5.41) is 5.35. The summed E-state index contributed by atoms with van der Waals surface area (Å²) in [5.74, 6) is -0.420.